The second-order valence-electron chi connectivity index (χ2n) is 4.99. The molecule has 1 aromatic rings. The third-order valence-corrected chi connectivity index (χ3v) is 4.87. The molecule has 0 spiro atoms. The molecule has 6 heteroatoms. The zero-order valence-electron chi connectivity index (χ0n) is 10.8. The van der Waals surface area contributed by atoms with Gasteiger partial charge < -0.3 is 4.74 Å². The van der Waals surface area contributed by atoms with E-state index in [9.17, 15) is 0 Å². The van der Waals surface area contributed by atoms with Crippen LogP contribution < -0.4 is 11.3 Å². The quantitative estimate of drug-likeness (QED) is 0.658. The lowest BCUT2D eigenvalue weighted by Gasteiger charge is -2.45. The van der Waals surface area contributed by atoms with Gasteiger partial charge in [-0.25, -0.2) is 0 Å². The van der Waals surface area contributed by atoms with Crippen molar-refractivity contribution in [2.24, 2.45) is 5.84 Å². The van der Waals surface area contributed by atoms with Gasteiger partial charge in [-0.15, -0.1) is 11.3 Å². The summed E-state index contributed by atoms with van der Waals surface area (Å²) in [6.45, 7) is 7.85. The Kier molecular flexibility index (Phi) is 4.64. The van der Waals surface area contributed by atoms with E-state index < -0.39 is 0 Å². The highest BCUT2D eigenvalue weighted by Crippen LogP contribution is 2.36. The molecule has 3 N–H and O–H groups in total. The van der Waals surface area contributed by atoms with Crippen molar-refractivity contribution in [2.75, 3.05) is 26.3 Å². The van der Waals surface area contributed by atoms with E-state index in [2.05, 4.69) is 24.2 Å². The Bertz CT molecular complexity index is 390. The van der Waals surface area contributed by atoms with Crippen LogP contribution >= 0.6 is 22.9 Å². The van der Waals surface area contributed by atoms with E-state index in [4.69, 9.17) is 22.2 Å². The zero-order chi connectivity index (χ0) is 13.2. The highest BCUT2D eigenvalue weighted by atomic mass is 35.5. The number of nitrogens with two attached hydrogens (primary N) is 1. The van der Waals surface area contributed by atoms with Crippen LogP contribution in [0.15, 0.2) is 12.1 Å². The van der Waals surface area contributed by atoms with Crippen LogP contribution in [0.3, 0.4) is 0 Å². The van der Waals surface area contributed by atoms with Crippen molar-refractivity contribution >= 4 is 22.9 Å². The minimum Gasteiger partial charge on any atom is -0.379 e. The predicted octanol–water partition coefficient (Wildman–Crippen LogP) is 2.02. The average Bonchev–Trinajstić information content (AvgIpc) is 2.77. The number of nitrogens with one attached hydrogen (secondary N) is 1. The van der Waals surface area contributed by atoms with E-state index in [0.29, 0.717) is 0 Å². The maximum absolute atomic E-state index is 6.01. The summed E-state index contributed by atoms with van der Waals surface area (Å²) in [4.78, 5) is 3.58. The number of ether oxygens (including phenoxy) is 1. The molecule has 0 bridgehead atoms. The van der Waals surface area contributed by atoms with Crippen LogP contribution in [-0.4, -0.2) is 36.7 Å². The number of hydrogen-bond acceptors (Lipinski definition) is 5. The zero-order valence-corrected chi connectivity index (χ0v) is 12.4. The molecule has 2 rings (SSSR count). The van der Waals surface area contributed by atoms with E-state index >= 15 is 0 Å². The fourth-order valence-corrected chi connectivity index (χ4v) is 3.74. The molecule has 0 aliphatic carbocycles. The number of rotatable bonds is 4. The Balaban J connectivity index is 2.19. The van der Waals surface area contributed by atoms with Gasteiger partial charge in [0.1, 0.15) is 0 Å². The highest BCUT2D eigenvalue weighted by Gasteiger charge is 2.37. The van der Waals surface area contributed by atoms with Crippen LogP contribution in [0.4, 0.5) is 0 Å². The Morgan fingerprint density at radius 1 is 1.44 bits per heavy atom. The van der Waals surface area contributed by atoms with Crippen molar-refractivity contribution in [1.29, 1.82) is 0 Å². The lowest BCUT2D eigenvalue weighted by molar-refractivity contribution is -0.0234. The number of hydrogen-bond donors (Lipinski definition) is 2. The molecule has 0 saturated carbocycles. The molecule has 1 unspecified atom stereocenters. The molecule has 2 heterocycles. The van der Waals surface area contributed by atoms with E-state index in [1.165, 1.54) is 4.88 Å². The first-order chi connectivity index (χ1) is 8.55. The second kappa shape index (κ2) is 5.86. The lowest BCUT2D eigenvalue weighted by atomic mass is 9.91. The fourth-order valence-electron chi connectivity index (χ4n) is 2.44. The van der Waals surface area contributed by atoms with Crippen LogP contribution in [0, 0.1) is 0 Å². The summed E-state index contributed by atoms with van der Waals surface area (Å²) in [5.41, 5.74) is 2.86. The molecule has 0 radical (unpaired) electrons. The van der Waals surface area contributed by atoms with Crippen LogP contribution in [0.5, 0.6) is 0 Å². The SMILES string of the molecule is CC(C)(C(NN)c1ccc(Cl)s1)N1CCOCC1. The molecular weight excluding hydrogens is 270 g/mol. The first-order valence-corrected chi connectivity index (χ1v) is 7.29. The van der Waals surface area contributed by atoms with Crippen molar-refractivity contribution in [3.63, 3.8) is 0 Å². The first-order valence-electron chi connectivity index (χ1n) is 6.10. The molecule has 18 heavy (non-hydrogen) atoms. The van der Waals surface area contributed by atoms with Crippen molar-refractivity contribution in [1.82, 2.24) is 10.3 Å². The van der Waals surface area contributed by atoms with Crippen molar-refractivity contribution < 1.29 is 4.74 Å². The maximum atomic E-state index is 6.01. The number of morpholine rings is 1. The summed E-state index contributed by atoms with van der Waals surface area (Å²) in [6.07, 6.45) is 0. The van der Waals surface area contributed by atoms with Crippen LogP contribution in [0.2, 0.25) is 4.34 Å². The van der Waals surface area contributed by atoms with Crippen LogP contribution in [-0.2, 0) is 4.74 Å². The van der Waals surface area contributed by atoms with E-state index in [1.807, 2.05) is 12.1 Å². The molecule has 1 aliphatic rings. The second-order valence-corrected chi connectivity index (χ2v) is 6.74. The standard InChI is InChI=1S/C12H20ClN3OS/c1-12(2,16-5-7-17-8-6-16)11(15-14)9-3-4-10(13)18-9/h3-4,11,15H,5-8,14H2,1-2H3. The highest BCUT2D eigenvalue weighted by molar-refractivity contribution is 7.16. The molecule has 1 saturated heterocycles. The van der Waals surface area contributed by atoms with Gasteiger partial charge in [-0.3, -0.25) is 16.2 Å². The van der Waals surface area contributed by atoms with E-state index in [1.54, 1.807) is 11.3 Å². The molecular formula is C12H20ClN3OS. The third-order valence-electron chi connectivity index (χ3n) is 3.58. The van der Waals surface area contributed by atoms with Gasteiger partial charge in [0, 0.05) is 23.5 Å². The minimum absolute atomic E-state index is 0.0631. The van der Waals surface area contributed by atoms with Gasteiger partial charge in [0.05, 0.1) is 23.6 Å². The molecule has 1 atom stereocenters. The van der Waals surface area contributed by atoms with Crippen molar-refractivity contribution in [3.05, 3.63) is 21.3 Å². The molecule has 1 aromatic heterocycles. The minimum atomic E-state index is -0.0767. The van der Waals surface area contributed by atoms with Crippen molar-refractivity contribution in [2.45, 2.75) is 25.4 Å². The monoisotopic (exact) mass is 289 g/mol. The van der Waals surface area contributed by atoms with Crippen LogP contribution in [0.25, 0.3) is 0 Å². The Labute approximate surface area is 117 Å². The van der Waals surface area contributed by atoms with Gasteiger partial charge in [-0.2, -0.15) is 0 Å². The Morgan fingerprint density at radius 3 is 2.61 bits per heavy atom. The molecule has 1 fully saturated rings. The Hall–Kier alpha value is -0.170. The summed E-state index contributed by atoms with van der Waals surface area (Å²) in [6, 6.07) is 4.02. The molecule has 0 aromatic carbocycles. The third kappa shape index (κ3) is 2.87. The smallest absolute Gasteiger partial charge is 0.0931 e. The van der Waals surface area contributed by atoms with Gasteiger partial charge in [-0.05, 0) is 26.0 Å². The van der Waals surface area contributed by atoms with Crippen LogP contribution in [0.1, 0.15) is 24.8 Å². The predicted molar refractivity (Wildman–Crippen MR) is 75.9 cm³/mol. The van der Waals surface area contributed by atoms with E-state index in [-0.39, 0.29) is 11.6 Å². The molecule has 1 aliphatic heterocycles. The normalized spacial score (nSPS) is 20.0. The summed E-state index contributed by atoms with van der Waals surface area (Å²) in [5, 5.41) is 0. The Morgan fingerprint density at radius 2 is 2.11 bits per heavy atom. The first kappa shape index (κ1) is 14.2. The fraction of sp³-hybridized carbons (Fsp3) is 0.667. The number of hydrazine groups is 1. The van der Waals surface area contributed by atoms with Gasteiger partial charge in [0.2, 0.25) is 0 Å². The molecule has 0 amide bonds. The number of thiophene rings is 1. The van der Waals surface area contributed by atoms with Gasteiger partial charge >= 0.3 is 0 Å². The summed E-state index contributed by atoms with van der Waals surface area (Å²) in [5.74, 6) is 5.76. The average molecular weight is 290 g/mol. The lowest BCUT2D eigenvalue weighted by Crippen LogP contribution is -2.57. The largest absolute Gasteiger partial charge is 0.379 e. The number of halogens is 1. The molecule has 4 nitrogen and oxygen atoms in total. The van der Waals surface area contributed by atoms with Gasteiger partial charge in [0.15, 0.2) is 0 Å². The topological polar surface area (TPSA) is 50.5 Å². The molecule has 102 valence electrons. The maximum Gasteiger partial charge on any atom is 0.0931 e. The summed E-state index contributed by atoms with van der Waals surface area (Å²) >= 11 is 7.59. The van der Waals surface area contributed by atoms with Gasteiger partial charge in [-0.1, -0.05) is 11.6 Å². The van der Waals surface area contributed by atoms with Gasteiger partial charge in [0.25, 0.3) is 0 Å². The summed E-state index contributed by atoms with van der Waals surface area (Å²) < 4.78 is 6.20. The van der Waals surface area contributed by atoms with E-state index in [0.717, 1.165) is 30.6 Å². The van der Waals surface area contributed by atoms with Crippen molar-refractivity contribution in [3.8, 4) is 0 Å². The number of nitrogens with zero attached hydrogens (tertiary/aromatic N) is 1. The summed E-state index contributed by atoms with van der Waals surface area (Å²) in [7, 11) is 0.